The summed E-state index contributed by atoms with van der Waals surface area (Å²) in [6.45, 7) is 1.78. The number of epoxide rings is 1. The molecule has 1 aliphatic carbocycles. The summed E-state index contributed by atoms with van der Waals surface area (Å²) in [6, 6.07) is 9.88. The van der Waals surface area contributed by atoms with Crippen LogP contribution < -0.4 is 18.9 Å². The fraction of sp³-hybridized carbons (Fsp3) is 0.435. The fourth-order valence-electron chi connectivity index (χ4n) is 3.06. The van der Waals surface area contributed by atoms with Crippen LogP contribution in [0, 0.1) is 5.92 Å². The smallest absolute Gasteiger partial charge is 0.195 e. The lowest BCUT2D eigenvalue weighted by molar-refractivity contribution is 0.0746. The number of hydrogen-bond donors (Lipinski definition) is 1. The van der Waals surface area contributed by atoms with Gasteiger partial charge < -0.3 is 28.8 Å². The first-order valence-electron chi connectivity index (χ1n) is 10.0. The fourth-order valence-corrected chi connectivity index (χ4v) is 3.06. The number of ether oxygens (including phenoxy) is 5. The van der Waals surface area contributed by atoms with Gasteiger partial charge in [0.25, 0.3) is 0 Å². The second-order valence-corrected chi connectivity index (χ2v) is 7.56. The summed E-state index contributed by atoms with van der Waals surface area (Å²) in [5.74, 6) is 2.22. The molecular formula is C23H26O7. The average Bonchev–Trinajstić information content (AvgIpc) is 3.70. The van der Waals surface area contributed by atoms with Gasteiger partial charge in [-0.1, -0.05) is 6.07 Å². The van der Waals surface area contributed by atoms with Gasteiger partial charge in [0.05, 0.1) is 27.4 Å². The van der Waals surface area contributed by atoms with Crippen molar-refractivity contribution in [1.29, 1.82) is 0 Å². The highest BCUT2D eigenvalue weighted by Crippen LogP contribution is 2.35. The van der Waals surface area contributed by atoms with Crippen LogP contribution in [-0.4, -0.2) is 51.0 Å². The van der Waals surface area contributed by atoms with Crippen LogP contribution in [0.2, 0.25) is 0 Å². The van der Waals surface area contributed by atoms with Crippen LogP contribution >= 0.6 is 0 Å². The van der Waals surface area contributed by atoms with E-state index in [-0.39, 0.29) is 6.10 Å². The maximum Gasteiger partial charge on any atom is 0.195 e. The number of ketones is 1. The normalized spacial score (nSPS) is 18.4. The zero-order valence-electron chi connectivity index (χ0n) is 17.1. The van der Waals surface area contributed by atoms with Gasteiger partial charge in [0.2, 0.25) is 0 Å². The van der Waals surface area contributed by atoms with Crippen LogP contribution in [0.1, 0.15) is 34.9 Å². The largest absolute Gasteiger partial charge is 0.493 e. The third kappa shape index (κ3) is 4.86. The molecule has 4 rings (SSSR count). The molecule has 1 saturated heterocycles. The summed E-state index contributed by atoms with van der Waals surface area (Å²) in [5.41, 5.74) is 0.753. The Morgan fingerprint density at radius 3 is 2.27 bits per heavy atom. The number of aliphatic hydroxyl groups is 1. The van der Waals surface area contributed by atoms with E-state index in [9.17, 15) is 9.90 Å². The maximum atomic E-state index is 12.9. The predicted octanol–water partition coefficient (Wildman–Crippen LogP) is 3.19. The van der Waals surface area contributed by atoms with E-state index >= 15 is 0 Å². The van der Waals surface area contributed by atoms with E-state index < -0.39 is 11.9 Å². The molecule has 7 nitrogen and oxygen atoms in total. The van der Waals surface area contributed by atoms with E-state index in [1.54, 1.807) is 36.4 Å². The molecular weight excluding hydrogens is 388 g/mol. The molecule has 0 radical (unpaired) electrons. The van der Waals surface area contributed by atoms with Gasteiger partial charge in [-0.05, 0) is 54.7 Å². The van der Waals surface area contributed by atoms with Gasteiger partial charge in [0.1, 0.15) is 18.8 Å². The number of carbonyl (C=O) groups excluding carboxylic acids is 1. The SMILES string of the molecule is COc1cc(C(=O)C(O)c2ccc(OCC3CO3)c(OC)c2)ccc1OCC1CC1. The van der Waals surface area contributed by atoms with E-state index in [1.165, 1.54) is 27.1 Å². The number of carbonyl (C=O) groups is 1. The zero-order valence-corrected chi connectivity index (χ0v) is 17.1. The predicted molar refractivity (Wildman–Crippen MR) is 109 cm³/mol. The second kappa shape index (κ2) is 8.93. The van der Waals surface area contributed by atoms with Crippen molar-refractivity contribution >= 4 is 5.78 Å². The minimum absolute atomic E-state index is 0.118. The Bertz CT molecular complexity index is 902. The molecule has 2 aromatic rings. The molecule has 0 aromatic heterocycles. The van der Waals surface area contributed by atoms with Gasteiger partial charge in [-0.15, -0.1) is 0 Å². The van der Waals surface area contributed by atoms with Gasteiger partial charge in [-0.3, -0.25) is 4.79 Å². The zero-order chi connectivity index (χ0) is 21.1. The van der Waals surface area contributed by atoms with Gasteiger partial charge in [-0.25, -0.2) is 0 Å². The lowest BCUT2D eigenvalue weighted by atomic mass is 9.99. The first kappa shape index (κ1) is 20.5. The number of rotatable bonds is 11. The van der Waals surface area contributed by atoms with Crippen LogP contribution in [0.5, 0.6) is 23.0 Å². The number of aliphatic hydroxyl groups excluding tert-OH is 1. The minimum Gasteiger partial charge on any atom is -0.493 e. The molecule has 2 aromatic carbocycles. The Kier molecular flexibility index (Phi) is 6.11. The molecule has 1 saturated carbocycles. The summed E-state index contributed by atoms with van der Waals surface area (Å²) in [4.78, 5) is 12.9. The maximum absolute atomic E-state index is 12.9. The van der Waals surface area contributed by atoms with E-state index in [0.717, 1.165) is 0 Å². The summed E-state index contributed by atoms with van der Waals surface area (Å²) >= 11 is 0. The summed E-state index contributed by atoms with van der Waals surface area (Å²) < 4.78 is 27.3. The summed E-state index contributed by atoms with van der Waals surface area (Å²) in [6.07, 6.45) is 1.15. The Balaban J connectivity index is 1.47. The molecule has 30 heavy (non-hydrogen) atoms. The molecule has 2 aliphatic rings. The highest BCUT2D eigenvalue weighted by molar-refractivity contribution is 6.00. The Morgan fingerprint density at radius 1 is 1.00 bits per heavy atom. The van der Waals surface area contributed by atoms with Crippen LogP contribution in [-0.2, 0) is 4.74 Å². The van der Waals surface area contributed by atoms with E-state index in [4.69, 9.17) is 23.7 Å². The third-order valence-electron chi connectivity index (χ3n) is 5.20. The van der Waals surface area contributed by atoms with Crippen molar-refractivity contribution < 1.29 is 33.6 Å². The van der Waals surface area contributed by atoms with Crippen molar-refractivity contribution in [3.8, 4) is 23.0 Å². The van der Waals surface area contributed by atoms with Crippen LogP contribution in [0.4, 0.5) is 0 Å². The first-order valence-corrected chi connectivity index (χ1v) is 10.0. The standard InChI is InChI=1S/C23H26O7/c1-26-20-9-15(5-7-18(20)29-11-14-3-4-14)22(24)23(25)16-6-8-19(21(10-16)27-2)30-13-17-12-28-17/h5-10,14,17,23,25H,3-4,11-13H2,1-2H3. The van der Waals surface area contributed by atoms with Gasteiger partial charge in [0.15, 0.2) is 28.8 Å². The number of hydrogen-bond acceptors (Lipinski definition) is 7. The van der Waals surface area contributed by atoms with E-state index in [0.29, 0.717) is 59.9 Å². The molecule has 7 heteroatoms. The van der Waals surface area contributed by atoms with Crippen molar-refractivity contribution in [3.63, 3.8) is 0 Å². The van der Waals surface area contributed by atoms with Crippen LogP contribution in [0.3, 0.4) is 0 Å². The number of benzene rings is 2. The Labute approximate surface area is 175 Å². The first-order chi connectivity index (χ1) is 14.6. The molecule has 1 aliphatic heterocycles. The molecule has 1 heterocycles. The van der Waals surface area contributed by atoms with Crippen molar-refractivity contribution in [3.05, 3.63) is 47.5 Å². The van der Waals surface area contributed by atoms with Gasteiger partial charge in [0, 0.05) is 5.56 Å². The molecule has 1 N–H and O–H groups in total. The molecule has 2 atom stereocenters. The molecule has 2 fully saturated rings. The summed E-state index contributed by atoms with van der Waals surface area (Å²) in [7, 11) is 3.04. The highest BCUT2D eigenvalue weighted by Gasteiger charge is 2.26. The van der Waals surface area contributed by atoms with E-state index in [1.807, 2.05) is 0 Å². The molecule has 2 unspecified atom stereocenters. The number of Topliss-reactive ketones (excluding diaryl/α,β-unsaturated/α-hetero) is 1. The van der Waals surface area contributed by atoms with Crippen LogP contribution in [0.15, 0.2) is 36.4 Å². The highest BCUT2D eigenvalue weighted by atomic mass is 16.6. The second-order valence-electron chi connectivity index (χ2n) is 7.56. The van der Waals surface area contributed by atoms with Crippen molar-refractivity contribution in [2.24, 2.45) is 5.92 Å². The minimum atomic E-state index is -1.34. The monoisotopic (exact) mass is 414 g/mol. The molecule has 0 bridgehead atoms. The van der Waals surface area contributed by atoms with Crippen molar-refractivity contribution in [2.75, 3.05) is 34.0 Å². The van der Waals surface area contributed by atoms with Crippen LogP contribution in [0.25, 0.3) is 0 Å². The topological polar surface area (TPSA) is 86.8 Å². The molecule has 160 valence electrons. The van der Waals surface area contributed by atoms with Crippen molar-refractivity contribution in [2.45, 2.75) is 25.0 Å². The Hall–Kier alpha value is -2.77. The van der Waals surface area contributed by atoms with Crippen molar-refractivity contribution in [1.82, 2.24) is 0 Å². The molecule has 0 amide bonds. The van der Waals surface area contributed by atoms with Gasteiger partial charge >= 0.3 is 0 Å². The molecule has 0 spiro atoms. The van der Waals surface area contributed by atoms with E-state index in [2.05, 4.69) is 0 Å². The average molecular weight is 414 g/mol. The quantitative estimate of drug-likeness (QED) is 0.446. The Morgan fingerprint density at radius 2 is 1.63 bits per heavy atom. The third-order valence-corrected chi connectivity index (χ3v) is 5.20. The number of methoxy groups -OCH3 is 2. The van der Waals surface area contributed by atoms with Gasteiger partial charge in [-0.2, -0.15) is 0 Å². The lowest BCUT2D eigenvalue weighted by Gasteiger charge is -2.16. The lowest BCUT2D eigenvalue weighted by Crippen LogP contribution is -2.13. The summed E-state index contributed by atoms with van der Waals surface area (Å²) in [5, 5.41) is 10.7.